The molecular weight excluding hydrogens is 592 g/mol. The molecule has 5 rings (SSSR count). The Morgan fingerprint density at radius 2 is 1.87 bits per heavy atom. The van der Waals surface area contributed by atoms with Crippen LogP contribution >= 0.6 is 0 Å². The topological polar surface area (TPSA) is 153 Å². The lowest BCUT2D eigenvalue weighted by molar-refractivity contribution is -0.123. The van der Waals surface area contributed by atoms with Crippen LogP contribution in [-0.2, 0) is 16.1 Å². The van der Waals surface area contributed by atoms with E-state index in [0.717, 1.165) is 18.9 Å². The number of aryl methyl sites for hydroxylation is 1. The minimum Gasteiger partial charge on any atom is -0.493 e. The van der Waals surface area contributed by atoms with E-state index < -0.39 is 6.04 Å². The second kappa shape index (κ2) is 15.0. The average Bonchev–Trinajstić information content (AvgIpc) is 3.43. The lowest BCUT2D eigenvalue weighted by Gasteiger charge is -2.28. The molecule has 3 aromatic rings. The van der Waals surface area contributed by atoms with Crippen molar-refractivity contribution in [2.75, 3.05) is 64.6 Å². The first-order valence-electron chi connectivity index (χ1n) is 15.6. The van der Waals surface area contributed by atoms with Crippen molar-refractivity contribution in [3.8, 4) is 11.5 Å². The van der Waals surface area contributed by atoms with Crippen molar-refractivity contribution in [3.63, 3.8) is 0 Å². The molecule has 2 N–H and O–H groups in total. The van der Waals surface area contributed by atoms with Crippen molar-refractivity contribution < 1.29 is 28.6 Å². The van der Waals surface area contributed by atoms with E-state index in [1.165, 1.54) is 12.0 Å². The third-order valence-electron chi connectivity index (χ3n) is 7.90. The SMILES string of the molecule is COc1ccc2cc1OCCn1nc(C)nc1[C@H](C(C)C)NC(=O)CN(C(=O)c1ccc(N3CCOCC3)nc1)CCCNC2=O. The molecule has 14 nitrogen and oxygen atoms in total. The highest BCUT2D eigenvalue weighted by Crippen LogP contribution is 2.28. The van der Waals surface area contributed by atoms with Crippen LogP contribution in [0.15, 0.2) is 36.5 Å². The third kappa shape index (κ3) is 7.91. The number of carbonyl (C=O) groups is 3. The molecule has 0 unspecified atom stereocenters. The molecule has 0 saturated carbocycles. The molecule has 46 heavy (non-hydrogen) atoms. The molecule has 0 aliphatic carbocycles. The number of carbonyl (C=O) groups excluding carboxylic acids is 3. The summed E-state index contributed by atoms with van der Waals surface area (Å²) >= 11 is 0. The number of aromatic nitrogens is 4. The number of rotatable bonds is 4. The van der Waals surface area contributed by atoms with Gasteiger partial charge >= 0.3 is 0 Å². The largest absolute Gasteiger partial charge is 0.493 e. The summed E-state index contributed by atoms with van der Waals surface area (Å²) in [5.74, 6) is 1.86. The highest BCUT2D eigenvalue weighted by atomic mass is 16.5. The number of hydrogen-bond donors (Lipinski definition) is 2. The van der Waals surface area contributed by atoms with E-state index in [1.54, 1.807) is 42.1 Å². The number of ether oxygens (including phenoxy) is 3. The van der Waals surface area contributed by atoms with Gasteiger partial charge in [-0.3, -0.25) is 14.4 Å². The molecule has 3 amide bonds. The van der Waals surface area contributed by atoms with Crippen LogP contribution in [0, 0.1) is 12.8 Å². The summed E-state index contributed by atoms with van der Waals surface area (Å²) in [4.78, 5) is 53.0. The molecule has 2 aromatic heterocycles. The Morgan fingerprint density at radius 3 is 2.59 bits per heavy atom. The van der Waals surface area contributed by atoms with Gasteiger partial charge in [-0.15, -0.1) is 0 Å². The summed E-state index contributed by atoms with van der Waals surface area (Å²) in [6.07, 6.45) is 1.97. The molecule has 1 saturated heterocycles. The quantitative estimate of drug-likeness (QED) is 0.436. The van der Waals surface area contributed by atoms with E-state index >= 15 is 0 Å². The minimum absolute atomic E-state index is 0.0223. The van der Waals surface area contributed by atoms with Gasteiger partial charge in [-0.1, -0.05) is 13.8 Å². The van der Waals surface area contributed by atoms with E-state index in [1.807, 2.05) is 19.9 Å². The molecule has 246 valence electrons. The zero-order valence-electron chi connectivity index (χ0n) is 26.8. The van der Waals surface area contributed by atoms with Gasteiger partial charge in [0.25, 0.3) is 11.8 Å². The van der Waals surface area contributed by atoms with Crippen LogP contribution in [0.1, 0.15) is 58.7 Å². The maximum absolute atomic E-state index is 13.7. The number of fused-ring (bicyclic) bond motifs is 3. The molecule has 14 heteroatoms. The van der Waals surface area contributed by atoms with Gasteiger partial charge in [0.1, 0.15) is 24.1 Å². The van der Waals surface area contributed by atoms with E-state index in [4.69, 9.17) is 14.2 Å². The van der Waals surface area contributed by atoms with Crippen LogP contribution in [0.3, 0.4) is 0 Å². The molecular formula is C32H42N8O6. The number of anilines is 1. The molecule has 1 fully saturated rings. The van der Waals surface area contributed by atoms with Crippen molar-refractivity contribution in [1.29, 1.82) is 0 Å². The Bertz CT molecular complexity index is 1520. The summed E-state index contributed by atoms with van der Waals surface area (Å²) in [5.41, 5.74) is 0.783. The fraction of sp³-hybridized carbons (Fsp3) is 0.500. The first-order valence-corrected chi connectivity index (χ1v) is 15.6. The molecule has 4 heterocycles. The summed E-state index contributed by atoms with van der Waals surface area (Å²) < 4.78 is 18.6. The first-order chi connectivity index (χ1) is 22.2. The standard InChI is InChI=1S/C32H42N8O6/c1-21(2)29-30-35-22(3)37-40(30)14-17-46-26-18-23(6-8-25(26)44-4)31(42)33-10-5-11-39(20-28(41)36-29)32(43)24-7-9-27(34-19-24)38-12-15-45-16-13-38/h6-9,18-19,21,29H,5,10-17,20H2,1-4H3,(H,33,42)(H,36,41)/t29-/m0/s1. The summed E-state index contributed by atoms with van der Waals surface area (Å²) in [6, 6.07) is 8.09. The second-order valence-electron chi connectivity index (χ2n) is 11.6. The number of benzene rings is 1. The van der Waals surface area contributed by atoms with Crippen LogP contribution in [0.5, 0.6) is 11.5 Å². The van der Waals surface area contributed by atoms with Gasteiger partial charge < -0.3 is 34.6 Å². The van der Waals surface area contributed by atoms with Gasteiger partial charge in [0.05, 0.1) is 45.0 Å². The number of pyridine rings is 1. The van der Waals surface area contributed by atoms with E-state index in [9.17, 15) is 14.4 Å². The maximum Gasteiger partial charge on any atom is 0.255 e. The minimum atomic E-state index is -0.462. The van der Waals surface area contributed by atoms with Crippen molar-refractivity contribution in [1.82, 2.24) is 35.3 Å². The highest BCUT2D eigenvalue weighted by Gasteiger charge is 2.27. The molecule has 2 aliphatic heterocycles. The van der Waals surface area contributed by atoms with Crippen LogP contribution in [0.25, 0.3) is 0 Å². The summed E-state index contributed by atoms with van der Waals surface area (Å²) in [5, 5.41) is 10.5. The van der Waals surface area contributed by atoms with E-state index in [-0.39, 0.29) is 49.9 Å². The monoisotopic (exact) mass is 634 g/mol. The van der Waals surface area contributed by atoms with Gasteiger partial charge in [0.2, 0.25) is 5.91 Å². The predicted octanol–water partition coefficient (Wildman–Crippen LogP) is 1.99. The Labute approximate surface area is 268 Å². The lowest BCUT2D eigenvalue weighted by Crippen LogP contribution is -2.44. The predicted molar refractivity (Wildman–Crippen MR) is 169 cm³/mol. The Morgan fingerprint density at radius 1 is 1.07 bits per heavy atom. The van der Waals surface area contributed by atoms with E-state index in [0.29, 0.717) is 60.5 Å². The van der Waals surface area contributed by atoms with Crippen LogP contribution in [-0.4, -0.2) is 102 Å². The first kappa shape index (κ1) is 32.7. The number of nitrogens with zero attached hydrogens (tertiary/aromatic N) is 6. The highest BCUT2D eigenvalue weighted by molar-refractivity contribution is 5.96. The zero-order chi connectivity index (χ0) is 32.6. The van der Waals surface area contributed by atoms with Gasteiger partial charge in [-0.25, -0.2) is 14.6 Å². The van der Waals surface area contributed by atoms with Crippen LogP contribution in [0.4, 0.5) is 5.82 Å². The van der Waals surface area contributed by atoms with Crippen LogP contribution < -0.4 is 25.0 Å². The molecule has 2 aliphatic rings. The summed E-state index contributed by atoms with van der Waals surface area (Å²) in [6.45, 7) is 9.39. The molecule has 0 radical (unpaired) electrons. The second-order valence-corrected chi connectivity index (χ2v) is 11.6. The molecule has 0 spiro atoms. The smallest absolute Gasteiger partial charge is 0.255 e. The van der Waals surface area contributed by atoms with Gasteiger partial charge in [-0.2, -0.15) is 5.10 Å². The number of hydrogen-bond acceptors (Lipinski definition) is 10. The van der Waals surface area contributed by atoms with Gasteiger partial charge in [-0.05, 0) is 49.6 Å². The van der Waals surface area contributed by atoms with Gasteiger partial charge in [0, 0.05) is 37.9 Å². The Kier molecular flexibility index (Phi) is 10.7. The zero-order valence-corrected chi connectivity index (χ0v) is 26.8. The Balaban J connectivity index is 1.40. The number of morpholine rings is 1. The van der Waals surface area contributed by atoms with E-state index in [2.05, 4.69) is 30.6 Å². The van der Waals surface area contributed by atoms with Crippen molar-refractivity contribution in [3.05, 3.63) is 59.3 Å². The molecule has 2 bridgehead atoms. The average molecular weight is 635 g/mol. The Hall–Kier alpha value is -4.72. The van der Waals surface area contributed by atoms with Crippen molar-refractivity contribution >= 4 is 23.5 Å². The number of methoxy groups -OCH3 is 1. The van der Waals surface area contributed by atoms with Gasteiger partial charge in [0.15, 0.2) is 11.5 Å². The molecule has 1 aromatic carbocycles. The lowest BCUT2D eigenvalue weighted by atomic mass is 10.0. The summed E-state index contributed by atoms with van der Waals surface area (Å²) in [7, 11) is 1.54. The van der Waals surface area contributed by atoms with Crippen molar-refractivity contribution in [2.24, 2.45) is 5.92 Å². The normalized spacial score (nSPS) is 18.5. The maximum atomic E-state index is 13.7. The fourth-order valence-electron chi connectivity index (χ4n) is 5.46. The fourth-order valence-corrected chi connectivity index (χ4v) is 5.46. The third-order valence-corrected chi connectivity index (χ3v) is 7.90. The number of nitrogens with one attached hydrogen (secondary N) is 2. The van der Waals surface area contributed by atoms with Crippen LogP contribution in [0.2, 0.25) is 0 Å². The molecule has 1 atom stereocenters. The van der Waals surface area contributed by atoms with Crippen molar-refractivity contribution in [2.45, 2.75) is 39.8 Å². The number of amides is 3.